The number of aryl methyl sites for hydroxylation is 2. The Morgan fingerprint density at radius 2 is 2.06 bits per heavy atom. The van der Waals surface area contributed by atoms with E-state index in [0.717, 1.165) is 21.8 Å². The van der Waals surface area contributed by atoms with Gasteiger partial charge in [0.25, 0.3) is 0 Å². The van der Waals surface area contributed by atoms with Crippen molar-refractivity contribution in [1.29, 1.82) is 0 Å². The van der Waals surface area contributed by atoms with E-state index in [0.29, 0.717) is 5.84 Å². The van der Waals surface area contributed by atoms with Gasteiger partial charge in [0.05, 0.1) is 11.4 Å². The summed E-state index contributed by atoms with van der Waals surface area (Å²) in [7, 11) is 0. The van der Waals surface area contributed by atoms with Crippen molar-refractivity contribution in [3.8, 4) is 0 Å². The van der Waals surface area contributed by atoms with Crippen molar-refractivity contribution in [1.82, 2.24) is 9.59 Å². The molecule has 1 aromatic heterocycles. The van der Waals surface area contributed by atoms with Crippen molar-refractivity contribution in [2.24, 2.45) is 10.7 Å². The van der Waals surface area contributed by atoms with E-state index in [1.165, 1.54) is 11.5 Å². The first-order chi connectivity index (χ1) is 7.68. The number of rotatable bonds is 2. The SMILES string of the molecule is Cc1ccccc1N=C(N)c1snnc1C. The molecule has 82 valence electrons. The number of amidine groups is 1. The van der Waals surface area contributed by atoms with Gasteiger partial charge in [0.1, 0.15) is 10.7 Å². The van der Waals surface area contributed by atoms with E-state index in [-0.39, 0.29) is 0 Å². The van der Waals surface area contributed by atoms with Crippen LogP contribution in [-0.4, -0.2) is 15.4 Å². The second-order valence-electron chi connectivity index (χ2n) is 3.47. The molecule has 1 aromatic carbocycles. The van der Waals surface area contributed by atoms with Gasteiger partial charge in [0.15, 0.2) is 0 Å². The van der Waals surface area contributed by atoms with E-state index in [4.69, 9.17) is 5.73 Å². The van der Waals surface area contributed by atoms with Crippen LogP contribution in [0, 0.1) is 13.8 Å². The molecule has 0 fully saturated rings. The molecule has 0 radical (unpaired) electrons. The van der Waals surface area contributed by atoms with Crippen LogP contribution in [0.2, 0.25) is 0 Å². The highest BCUT2D eigenvalue weighted by Gasteiger charge is 2.07. The predicted molar refractivity (Wildman–Crippen MR) is 66.2 cm³/mol. The molecule has 0 amide bonds. The maximum Gasteiger partial charge on any atom is 0.145 e. The molecule has 0 atom stereocenters. The van der Waals surface area contributed by atoms with Crippen molar-refractivity contribution in [3.63, 3.8) is 0 Å². The smallest absolute Gasteiger partial charge is 0.145 e. The number of nitrogens with zero attached hydrogens (tertiary/aromatic N) is 3. The van der Waals surface area contributed by atoms with Crippen molar-refractivity contribution in [2.75, 3.05) is 0 Å². The van der Waals surface area contributed by atoms with Gasteiger partial charge < -0.3 is 5.73 Å². The molecule has 2 rings (SSSR count). The van der Waals surface area contributed by atoms with Gasteiger partial charge in [-0.25, -0.2) is 4.99 Å². The fourth-order valence-corrected chi connectivity index (χ4v) is 1.89. The van der Waals surface area contributed by atoms with Crippen LogP contribution in [0.4, 0.5) is 5.69 Å². The van der Waals surface area contributed by atoms with E-state index in [1.807, 2.05) is 38.1 Å². The lowest BCUT2D eigenvalue weighted by Gasteiger charge is -2.01. The van der Waals surface area contributed by atoms with Crippen LogP contribution in [0.25, 0.3) is 0 Å². The third-order valence-electron chi connectivity index (χ3n) is 2.24. The quantitative estimate of drug-likeness (QED) is 0.637. The first-order valence-corrected chi connectivity index (χ1v) is 5.65. The Labute approximate surface area is 98.0 Å². The first-order valence-electron chi connectivity index (χ1n) is 4.87. The molecule has 0 aliphatic rings. The largest absolute Gasteiger partial charge is 0.382 e. The van der Waals surface area contributed by atoms with Gasteiger partial charge in [-0.1, -0.05) is 22.7 Å². The average molecular weight is 232 g/mol. The number of hydrogen-bond acceptors (Lipinski definition) is 4. The lowest BCUT2D eigenvalue weighted by atomic mass is 10.2. The molecule has 2 aromatic rings. The number of hydrogen-bond donors (Lipinski definition) is 1. The van der Waals surface area contributed by atoms with Crippen molar-refractivity contribution < 1.29 is 0 Å². The van der Waals surface area contributed by atoms with E-state index < -0.39 is 0 Å². The predicted octanol–water partition coefficient (Wildman–Crippen LogP) is 2.19. The van der Waals surface area contributed by atoms with Crippen molar-refractivity contribution >= 4 is 23.1 Å². The lowest BCUT2D eigenvalue weighted by molar-refractivity contribution is 1.09. The molecule has 0 aliphatic carbocycles. The minimum atomic E-state index is 0.474. The Morgan fingerprint density at radius 3 is 2.69 bits per heavy atom. The van der Waals surface area contributed by atoms with Crippen LogP contribution in [0.1, 0.15) is 16.1 Å². The highest BCUT2D eigenvalue weighted by Crippen LogP contribution is 2.19. The highest BCUT2D eigenvalue weighted by molar-refractivity contribution is 7.08. The Hall–Kier alpha value is -1.75. The summed E-state index contributed by atoms with van der Waals surface area (Å²) in [6, 6.07) is 7.86. The molecule has 0 spiro atoms. The Bertz CT molecular complexity index is 530. The van der Waals surface area contributed by atoms with Gasteiger partial charge in [-0.2, -0.15) is 0 Å². The van der Waals surface area contributed by atoms with Crippen LogP contribution in [0.5, 0.6) is 0 Å². The Kier molecular flexibility index (Phi) is 2.96. The fourth-order valence-electron chi connectivity index (χ4n) is 1.34. The number of para-hydroxylation sites is 1. The molecule has 0 saturated carbocycles. The minimum Gasteiger partial charge on any atom is -0.382 e. The van der Waals surface area contributed by atoms with E-state index in [9.17, 15) is 0 Å². The minimum absolute atomic E-state index is 0.474. The third kappa shape index (κ3) is 2.09. The first kappa shape index (κ1) is 10.8. The maximum atomic E-state index is 5.92. The number of benzene rings is 1. The topological polar surface area (TPSA) is 64.2 Å². The van der Waals surface area contributed by atoms with Gasteiger partial charge in [-0.15, -0.1) is 5.10 Å². The van der Waals surface area contributed by atoms with Crippen LogP contribution in [-0.2, 0) is 0 Å². The molecule has 0 saturated heterocycles. The molecule has 5 heteroatoms. The monoisotopic (exact) mass is 232 g/mol. The maximum absolute atomic E-state index is 5.92. The standard InChI is InChI=1S/C11H12N4S/c1-7-5-3-4-6-9(7)13-11(12)10-8(2)14-15-16-10/h3-6H,1-2H3,(H2,12,13). The molecular formula is C11H12N4S. The highest BCUT2D eigenvalue weighted by atomic mass is 32.1. The fraction of sp³-hybridized carbons (Fsp3) is 0.182. The normalized spacial score (nSPS) is 11.8. The van der Waals surface area contributed by atoms with Crippen LogP contribution < -0.4 is 5.73 Å². The molecular weight excluding hydrogens is 220 g/mol. The summed E-state index contributed by atoms with van der Waals surface area (Å²) in [6.45, 7) is 3.88. The van der Waals surface area contributed by atoms with Gasteiger partial charge in [0.2, 0.25) is 0 Å². The number of nitrogens with two attached hydrogens (primary N) is 1. The van der Waals surface area contributed by atoms with Crippen molar-refractivity contribution in [3.05, 3.63) is 40.4 Å². The summed E-state index contributed by atoms with van der Waals surface area (Å²) in [4.78, 5) is 5.22. The molecule has 4 nitrogen and oxygen atoms in total. The lowest BCUT2D eigenvalue weighted by Crippen LogP contribution is -2.12. The summed E-state index contributed by atoms with van der Waals surface area (Å²) < 4.78 is 3.84. The van der Waals surface area contributed by atoms with Gasteiger partial charge in [-0.05, 0) is 37.0 Å². The van der Waals surface area contributed by atoms with Crippen LogP contribution in [0.3, 0.4) is 0 Å². The van der Waals surface area contributed by atoms with E-state index in [1.54, 1.807) is 0 Å². The van der Waals surface area contributed by atoms with E-state index >= 15 is 0 Å². The average Bonchev–Trinajstić information content (AvgIpc) is 2.68. The molecule has 2 N–H and O–H groups in total. The second-order valence-corrected chi connectivity index (χ2v) is 4.23. The third-order valence-corrected chi connectivity index (χ3v) is 3.09. The summed E-state index contributed by atoms with van der Waals surface area (Å²) in [6.07, 6.45) is 0. The molecule has 0 aliphatic heterocycles. The summed E-state index contributed by atoms with van der Waals surface area (Å²) >= 11 is 1.27. The van der Waals surface area contributed by atoms with Crippen LogP contribution >= 0.6 is 11.5 Å². The van der Waals surface area contributed by atoms with Gasteiger partial charge in [0, 0.05) is 0 Å². The summed E-state index contributed by atoms with van der Waals surface area (Å²) in [5.74, 6) is 0.474. The zero-order valence-electron chi connectivity index (χ0n) is 9.14. The molecule has 1 heterocycles. The summed E-state index contributed by atoms with van der Waals surface area (Å²) in [5.41, 5.74) is 8.72. The molecule has 16 heavy (non-hydrogen) atoms. The Morgan fingerprint density at radius 1 is 1.31 bits per heavy atom. The second kappa shape index (κ2) is 4.40. The van der Waals surface area contributed by atoms with Crippen LogP contribution in [0.15, 0.2) is 29.3 Å². The zero-order valence-corrected chi connectivity index (χ0v) is 9.95. The van der Waals surface area contributed by atoms with Gasteiger partial charge >= 0.3 is 0 Å². The number of aromatic nitrogens is 2. The number of aliphatic imine (C=N–C) groups is 1. The summed E-state index contributed by atoms with van der Waals surface area (Å²) in [5, 5.41) is 3.91. The zero-order chi connectivity index (χ0) is 11.5. The molecule has 0 unspecified atom stereocenters. The Balaban J connectivity index is 2.39. The molecule has 0 bridgehead atoms. The van der Waals surface area contributed by atoms with Gasteiger partial charge in [-0.3, -0.25) is 0 Å². The van der Waals surface area contributed by atoms with Crippen molar-refractivity contribution in [2.45, 2.75) is 13.8 Å². The van der Waals surface area contributed by atoms with E-state index in [2.05, 4.69) is 14.6 Å².